The molecule has 0 saturated heterocycles. The number of rotatable bonds is 1. The quantitative estimate of drug-likeness (QED) is 0.741. The zero-order chi connectivity index (χ0) is 10.7. The molecule has 3 heteroatoms. The van der Waals surface area contributed by atoms with E-state index in [-0.39, 0.29) is 16.5 Å². The van der Waals surface area contributed by atoms with Crippen molar-refractivity contribution in [3.05, 3.63) is 40.2 Å². The van der Waals surface area contributed by atoms with Gasteiger partial charge in [-0.1, -0.05) is 30.3 Å². The van der Waals surface area contributed by atoms with Gasteiger partial charge in [0.1, 0.15) is 5.75 Å². The number of aliphatic hydroxyl groups is 1. The average Bonchev–Trinajstić information content (AvgIpc) is 2.11. The summed E-state index contributed by atoms with van der Waals surface area (Å²) in [5, 5.41) is 20.2. The van der Waals surface area contributed by atoms with Gasteiger partial charge in [0, 0.05) is 5.22 Å². The number of halogens is 1. The molecule has 0 aromatic heterocycles. The first-order chi connectivity index (χ1) is 6.56. The van der Waals surface area contributed by atoms with E-state index in [2.05, 4.69) is 6.58 Å². The van der Waals surface area contributed by atoms with Crippen molar-refractivity contribution in [2.24, 2.45) is 0 Å². The lowest BCUT2D eigenvalue weighted by molar-refractivity contribution is 0.474. The summed E-state index contributed by atoms with van der Waals surface area (Å²) in [4.78, 5) is 0. The molecule has 0 fully saturated rings. The molecule has 0 bridgehead atoms. The van der Waals surface area contributed by atoms with E-state index in [1.165, 1.54) is 12.1 Å². The lowest BCUT2D eigenvalue weighted by Gasteiger charge is -1.98. The SMILES string of the molecule is C=C/C=c1/cc(O)c(Cl)c/c1=C(/C)O. The molecule has 0 unspecified atom stereocenters. The van der Waals surface area contributed by atoms with Crippen molar-refractivity contribution in [2.45, 2.75) is 6.92 Å². The third-order valence-corrected chi connectivity index (χ3v) is 2.11. The van der Waals surface area contributed by atoms with Gasteiger partial charge in [-0.05, 0) is 24.3 Å². The van der Waals surface area contributed by atoms with E-state index in [0.717, 1.165) is 0 Å². The molecule has 0 saturated carbocycles. The molecule has 0 amide bonds. The van der Waals surface area contributed by atoms with Crippen LogP contribution in [0.25, 0.3) is 11.8 Å². The minimum absolute atomic E-state index is 0.00948. The van der Waals surface area contributed by atoms with Gasteiger partial charge in [0.2, 0.25) is 0 Å². The Morgan fingerprint density at radius 2 is 2.14 bits per heavy atom. The van der Waals surface area contributed by atoms with Crippen molar-refractivity contribution in [1.82, 2.24) is 0 Å². The Labute approximate surface area is 87.1 Å². The molecule has 0 heterocycles. The minimum Gasteiger partial charge on any atom is -0.512 e. The van der Waals surface area contributed by atoms with Gasteiger partial charge in [0.05, 0.1) is 10.8 Å². The highest BCUT2D eigenvalue weighted by Gasteiger charge is 1.99. The first-order valence-electron chi connectivity index (χ1n) is 4.07. The summed E-state index contributed by atoms with van der Waals surface area (Å²) in [6.45, 7) is 5.11. The number of aromatic hydroxyl groups is 1. The van der Waals surface area contributed by atoms with E-state index in [0.29, 0.717) is 10.4 Å². The topological polar surface area (TPSA) is 40.5 Å². The van der Waals surface area contributed by atoms with E-state index in [9.17, 15) is 10.2 Å². The fourth-order valence-corrected chi connectivity index (χ4v) is 1.32. The van der Waals surface area contributed by atoms with E-state index >= 15 is 0 Å². The Kier molecular flexibility index (Phi) is 3.20. The zero-order valence-corrected chi connectivity index (χ0v) is 8.54. The van der Waals surface area contributed by atoms with Crippen molar-refractivity contribution < 1.29 is 10.2 Å². The number of allylic oxidation sites excluding steroid dienone is 1. The maximum Gasteiger partial charge on any atom is 0.134 e. The van der Waals surface area contributed by atoms with Crippen LogP contribution in [0.2, 0.25) is 5.02 Å². The summed E-state index contributed by atoms with van der Waals surface area (Å²) in [6, 6.07) is 3.00. The monoisotopic (exact) mass is 210 g/mol. The predicted molar refractivity (Wildman–Crippen MR) is 58.7 cm³/mol. The predicted octanol–water partition coefficient (Wildman–Crippen LogP) is 1.70. The summed E-state index contributed by atoms with van der Waals surface area (Å²) < 4.78 is 0. The maximum atomic E-state index is 9.37. The first kappa shape index (κ1) is 10.7. The van der Waals surface area contributed by atoms with Gasteiger partial charge in [-0.2, -0.15) is 0 Å². The van der Waals surface area contributed by atoms with Crippen LogP contribution in [-0.4, -0.2) is 10.2 Å². The fourth-order valence-electron chi connectivity index (χ4n) is 1.16. The molecular formula is C11H11ClO2. The van der Waals surface area contributed by atoms with Gasteiger partial charge in [-0.25, -0.2) is 0 Å². The molecule has 0 spiro atoms. The van der Waals surface area contributed by atoms with E-state index < -0.39 is 0 Å². The van der Waals surface area contributed by atoms with Gasteiger partial charge in [-0.3, -0.25) is 0 Å². The first-order valence-corrected chi connectivity index (χ1v) is 4.45. The van der Waals surface area contributed by atoms with Gasteiger partial charge in [-0.15, -0.1) is 0 Å². The molecule has 2 N–H and O–H groups in total. The second-order valence-corrected chi connectivity index (χ2v) is 3.29. The minimum atomic E-state index is -0.00948. The summed E-state index contributed by atoms with van der Waals surface area (Å²) in [5.74, 6) is 0.143. The van der Waals surface area contributed by atoms with Crippen molar-refractivity contribution >= 4 is 23.4 Å². The lowest BCUT2D eigenvalue weighted by atomic mass is 10.2. The number of hydrogen-bond acceptors (Lipinski definition) is 2. The zero-order valence-electron chi connectivity index (χ0n) is 7.79. The molecule has 1 rings (SSSR count). The Balaban J connectivity index is 3.75. The largest absolute Gasteiger partial charge is 0.512 e. The molecular weight excluding hydrogens is 200 g/mol. The van der Waals surface area contributed by atoms with Crippen LogP contribution in [0.5, 0.6) is 5.75 Å². The summed E-state index contributed by atoms with van der Waals surface area (Å²) >= 11 is 5.72. The van der Waals surface area contributed by atoms with Crippen molar-refractivity contribution in [3.8, 4) is 5.75 Å². The van der Waals surface area contributed by atoms with Crippen LogP contribution < -0.4 is 10.4 Å². The highest BCUT2D eigenvalue weighted by molar-refractivity contribution is 6.31. The van der Waals surface area contributed by atoms with Crippen LogP contribution in [-0.2, 0) is 0 Å². The lowest BCUT2D eigenvalue weighted by Crippen LogP contribution is -2.26. The standard InChI is InChI=1S/C11H11ClO2/c1-3-4-8-5-11(14)10(12)6-9(8)7(2)13/h3-6,13-14H,1H2,2H3/b8-4-,9-7+. The molecule has 0 radical (unpaired) electrons. The molecule has 0 aliphatic carbocycles. The van der Waals surface area contributed by atoms with Crippen molar-refractivity contribution in [3.63, 3.8) is 0 Å². The molecule has 0 aliphatic rings. The molecule has 2 nitrogen and oxygen atoms in total. The molecule has 1 aromatic rings. The van der Waals surface area contributed by atoms with Crippen molar-refractivity contribution in [1.29, 1.82) is 0 Å². The van der Waals surface area contributed by atoms with E-state index in [1.54, 1.807) is 19.1 Å². The third kappa shape index (κ3) is 2.09. The Morgan fingerprint density at radius 3 is 2.64 bits per heavy atom. The number of aliphatic hydroxyl groups excluding tert-OH is 1. The summed E-state index contributed by atoms with van der Waals surface area (Å²) in [5.41, 5.74) is 0. The molecule has 14 heavy (non-hydrogen) atoms. The third-order valence-electron chi connectivity index (χ3n) is 1.81. The second kappa shape index (κ2) is 4.20. The fraction of sp³-hybridized carbons (Fsp3) is 0.0909. The molecule has 74 valence electrons. The second-order valence-electron chi connectivity index (χ2n) is 2.88. The van der Waals surface area contributed by atoms with E-state index in [4.69, 9.17) is 11.6 Å². The normalized spacial score (nSPS) is 14.0. The summed E-state index contributed by atoms with van der Waals surface area (Å²) in [6.07, 6.45) is 3.26. The maximum absolute atomic E-state index is 9.37. The molecule has 1 aromatic carbocycles. The van der Waals surface area contributed by atoms with E-state index in [1.807, 2.05) is 0 Å². The number of phenols is 1. The van der Waals surface area contributed by atoms with Crippen LogP contribution in [0, 0.1) is 0 Å². The Hall–Kier alpha value is -1.41. The Bertz CT molecular complexity index is 471. The number of hydrogen-bond donors (Lipinski definition) is 2. The van der Waals surface area contributed by atoms with Crippen LogP contribution in [0.3, 0.4) is 0 Å². The molecule has 0 aliphatic heterocycles. The van der Waals surface area contributed by atoms with Crippen LogP contribution in [0.1, 0.15) is 6.92 Å². The van der Waals surface area contributed by atoms with Gasteiger partial charge >= 0.3 is 0 Å². The highest BCUT2D eigenvalue weighted by Crippen LogP contribution is 2.17. The van der Waals surface area contributed by atoms with Crippen LogP contribution in [0.15, 0.2) is 24.8 Å². The number of phenolic OH excluding ortho intramolecular Hbond substituents is 1. The number of benzene rings is 1. The van der Waals surface area contributed by atoms with Crippen LogP contribution >= 0.6 is 11.6 Å². The van der Waals surface area contributed by atoms with Crippen molar-refractivity contribution in [2.75, 3.05) is 0 Å². The highest BCUT2D eigenvalue weighted by atomic mass is 35.5. The van der Waals surface area contributed by atoms with Gasteiger partial charge in [0.15, 0.2) is 0 Å². The van der Waals surface area contributed by atoms with Gasteiger partial charge < -0.3 is 10.2 Å². The van der Waals surface area contributed by atoms with Crippen LogP contribution in [0.4, 0.5) is 0 Å². The smallest absolute Gasteiger partial charge is 0.134 e. The Morgan fingerprint density at radius 1 is 1.50 bits per heavy atom. The molecule has 0 atom stereocenters. The summed E-state index contributed by atoms with van der Waals surface area (Å²) in [7, 11) is 0. The van der Waals surface area contributed by atoms with Gasteiger partial charge in [0.25, 0.3) is 0 Å². The average molecular weight is 211 g/mol.